The molecule has 3 aromatic heterocycles. The van der Waals surface area contributed by atoms with Gasteiger partial charge in [0.25, 0.3) is 11.5 Å². The lowest BCUT2D eigenvalue weighted by molar-refractivity contribution is 0.0834. The fraction of sp³-hybridized carbons (Fsp3) is 0.348. The Hall–Kier alpha value is -3.66. The average Bonchev–Trinajstić information content (AvgIpc) is 3.44. The van der Waals surface area contributed by atoms with Crippen molar-refractivity contribution in [2.45, 2.75) is 32.1 Å². The van der Waals surface area contributed by atoms with Crippen molar-refractivity contribution >= 4 is 28.4 Å². The summed E-state index contributed by atoms with van der Waals surface area (Å²) in [5, 5.41) is 8.48. The first-order valence-corrected chi connectivity index (χ1v) is 11.0. The number of nitrogens with one attached hydrogen (secondary N) is 1. The minimum Gasteiger partial charge on any atom is -0.381 e. The maximum atomic E-state index is 13.5. The van der Waals surface area contributed by atoms with Gasteiger partial charge in [0.15, 0.2) is 0 Å². The highest BCUT2D eigenvalue weighted by molar-refractivity contribution is 6.09. The summed E-state index contributed by atoms with van der Waals surface area (Å²) in [6.07, 6.45) is 3.29. The number of aromatic amines is 1. The largest absolute Gasteiger partial charge is 0.381 e. The molecule has 0 saturated carbocycles. The van der Waals surface area contributed by atoms with E-state index in [0.29, 0.717) is 48.6 Å². The number of benzene rings is 1. The number of nitrogens with zero attached hydrogens (tertiary/aromatic N) is 5. The van der Waals surface area contributed by atoms with Gasteiger partial charge in [0.2, 0.25) is 5.65 Å². The van der Waals surface area contributed by atoms with Crippen LogP contribution in [0.3, 0.4) is 0 Å². The van der Waals surface area contributed by atoms with Crippen LogP contribution in [-0.2, 0) is 11.2 Å². The Morgan fingerprint density at radius 2 is 2.03 bits per heavy atom. The van der Waals surface area contributed by atoms with E-state index in [1.807, 2.05) is 13.0 Å². The molecule has 0 spiro atoms. The van der Waals surface area contributed by atoms with Crippen LogP contribution in [-0.4, -0.2) is 50.2 Å². The van der Waals surface area contributed by atoms with Gasteiger partial charge in [0, 0.05) is 31.2 Å². The van der Waals surface area contributed by atoms with Crippen LogP contribution in [0, 0.1) is 12.7 Å². The van der Waals surface area contributed by atoms with E-state index >= 15 is 0 Å². The zero-order valence-corrected chi connectivity index (χ0v) is 18.0. The lowest BCUT2D eigenvalue weighted by atomic mass is 9.99. The number of carbonyl (C=O) groups is 1. The maximum Gasteiger partial charge on any atom is 0.294 e. The summed E-state index contributed by atoms with van der Waals surface area (Å²) in [4.78, 5) is 34.7. The third kappa shape index (κ3) is 3.12. The Labute approximate surface area is 187 Å². The number of pyridine rings is 1. The summed E-state index contributed by atoms with van der Waals surface area (Å²) >= 11 is 0. The predicted octanol–water partition coefficient (Wildman–Crippen LogP) is 2.51. The lowest BCUT2D eigenvalue weighted by Crippen LogP contribution is -2.30. The average molecular weight is 448 g/mol. The molecule has 0 radical (unpaired) electrons. The summed E-state index contributed by atoms with van der Waals surface area (Å²) in [6, 6.07) is 5.00. The quantitative estimate of drug-likeness (QED) is 0.505. The molecule has 1 N–H and O–H groups in total. The van der Waals surface area contributed by atoms with Gasteiger partial charge in [-0.25, -0.2) is 9.37 Å². The molecule has 2 aliphatic heterocycles. The number of hydrogen-bond donors (Lipinski definition) is 1. The van der Waals surface area contributed by atoms with Crippen molar-refractivity contribution in [2.75, 3.05) is 24.7 Å². The number of rotatable bonds is 2. The fourth-order valence-corrected chi connectivity index (χ4v) is 4.87. The summed E-state index contributed by atoms with van der Waals surface area (Å²) in [5.41, 5.74) is 3.07. The number of aromatic nitrogens is 5. The van der Waals surface area contributed by atoms with E-state index in [1.165, 1.54) is 6.07 Å². The van der Waals surface area contributed by atoms with Gasteiger partial charge >= 0.3 is 0 Å². The highest BCUT2D eigenvalue weighted by Gasteiger charge is 2.29. The highest BCUT2D eigenvalue weighted by atomic mass is 19.1. The number of fused-ring (bicyclic) bond motifs is 4. The molecule has 1 aromatic carbocycles. The first kappa shape index (κ1) is 20.0. The van der Waals surface area contributed by atoms with Crippen molar-refractivity contribution in [1.29, 1.82) is 0 Å². The normalized spacial score (nSPS) is 16.6. The third-order valence-electron chi connectivity index (χ3n) is 6.55. The Kier molecular flexibility index (Phi) is 4.51. The Bertz CT molecular complexity index is 1490. The van der Waals surface area contributed by atoms with Crippen LogP contribution in [0.5, 0.6) is 0 Å². The van der Waals surface area contributed by atoms with Gasteiger partial charge in [0.1, 0.15) is 17.5 Å². The van der Waals surface area contributed by atoms with E-state index in [0.717, 1.165) is 35.9 Å². The van der Waals surface area contributed by atoms with Crippen LogP contribution >= 0.6 is 0 Å². The molecule has 0 atom stereocenters. The summed E-state index contributed by atoms with van der Waals surface area (Å²) < 4.78 is 20.8. The van der Waals surface area contributed by atoms with E-state index in [9.17, 15) is 14.0 Å². The van der Waals surface area contributed by atoms with Crippen molar-refractivity contribution in [3.05, 3.63) is 63.1 Å². The molecule has 0 aliphatic carbocycles. The van der Waals surface area contributed by atoms with Gasteiger partial charge in [-0.1, -0.05) is 0 Å². The molecule has 4 aromatic rings. The molecular formula is C23H21FN6O3. The van der Waals surface area contributed by atoms with Crippen LogP contribution in [0.25, 0.3) is 16.7 Å². The van der Waals surface area contributed by atoms with E-state index in [4.69, 9.17) is 4.74 Å². The number of amides is 1. The zero-order chi connectivity index (χ0) is 22.7. The van der Waals surface area contributed by atoms with E-state index in [1.54, 1.807) is 15.4 Å². The minimum absolute atomic E-state index is 0.146. The summed E-state index contributed by atoms with van der Waals surface area (Å²) in [7, 11) is 0. The molecule has 1 amide bonds. The number of halogens is 1. The molecule has 5 heterocycles. The number of H-pyrrole nitrogens is 1. The molecule has 33 heavy (non-hydrogen) atoms. The van der Waals surface area contributed by atoms with Gasteiger partial charge < -0.3 is 9.72 Å². The topological polar surface area (TPSA) is 105 Å². The van der Waals surface area contributed by atoms with Crippen molar-refractivity contribution in [1.82, 2.24) is 24.6 Å². The molecule has 2 aliphatic rings. The Morgan fingerprint density at radius 1 is 1.21 bits per heavy atom. The second kappa shape index (κ2) is 7.45. The van der Waals surface area contributed by atoms with Crippen molar-refractivity contribution in [2.24, 2.45) is 0 Å². The molecular weight excluding hydrogens is 427 g/mol. The van der Waals surface area contributed by atoms with Gasteiger partial charge in [-0.15, -0.1) is 10.2 Å². The van der Waals surface area contributed by atoms with E-state index in [-0.39, 0.29) is 23.0 Å². The second-order valence-electron chi connectivity index (χ2n) is 8.59. The van der Waals surface area contributed by atoms with Gasteiger partial charge in [-0.3, -0.25) is 18.9 Å². The van der Waals surface area contributed by atoms with Crippen molar-refractivity contribution in [3.8, 4) is 0 Å². The number of hydrogen-bond acceptors (Lipinski definition) is 6. The minimum atomic E-state index is -0.416. The molecule has 1 fully saturated rings. The highest BCUT2D eigenvalue weighted by Crippen LogP contribution is 2.31. The predicted molar refractivity (Wildman–Crippen MR) is 118 cm³/mol. The van der Waals surface area contributed by atoms with Crippen LogP contribution in [0.2, 0.25) is 0 Å². The number of anilines is 1. The monoisotopic (exact) mass is 448 g/mol. The second-order valence-corrected chi connectivity index (χ2v) is 8.59. The van der Waals surface area contributed by atoms with Gasteiger partial charge in [-0.05, 0) is 55.5 Å². The van der Waals surface area contributed by atoms with Crippen LogP contribution < -0.4 is 10.5 Å². The SMILES string of the molecule is Cc1cc2c(cc1C(=O)N1CCc3cc(F)cnc31)[nH]c(=O)c1nnc(C3CCOCC3)n12. The molecule has 0 unspecified atom stereocenters. The molecule has 6 rings (SSSR count). The van der Waals surface area contributed by atoms with Crippen molar-refractivity contribution < 1.29 is 13.9 Å². The van der Waals surface area contributed by atoms with E-state index < -0.39 is 5.82 Å². The molecule has 0 bridgehead atoms. The smallest absolute Gasteiger partial charge is 0.294 e. The summed E-state index contributed by atoms with van der Waals surface area (Å²) in [6.45, 7) is 3.58. The number of carbonyl (C=O) groups excluding carboxylic acids is 1. The van der Waals surface area contributed by atoms with Crippen LogP contribution in [0.15, 0.2) is 29.2 Å². The first-order valence-electron chi connectivity index (χ1n) is 11.0. The Balaban J connectivity index is 1.48. The lowest BCUT2D eigenvalue weighted by Gasteiger charge is -2.21. The maximum absolute atomic E-state index is 13.5. The Morgan fingerprint density at radius 3 is 2.85 bits per heavy atom. The molecule has 9 nitrogen and oxygen atoms in total. The molecule has 1 saturated heterocycles. The van der Waals surface area contributed by atoms with Crippen molar-refractivity contribution in [3.63, 3.8) is 0 Å². The number of aryl methyl sites for hydroxylation is 1. The zero-order valence-electron chi connectivity index (χ0n) is 18.0. The van der Waals surface area contributed by atoms with Crippen LogP contribution in [0.4, 0.5) is 10.2 Å². The van der Waals surface area contributed by atoms with Crippen LogP contribution in [0.1, 0.15) is 46.1 Å². The van der Waals surface area contributed by atoms with E-state index in [2.05, 4.69) is 20.2 Å². The molecule has 10 heteroatoms. The molecule has 168 valence electrons. The third-order valence-corrected chi connectivity index (χ3v) is 6.55. The number of ether oxygens (including phenoxy) is 1. The first-order chi connectivity index (χ1) is 16.0. The fourth-order valence-electron chi connectivity index (χ4n) is 4.87. The van der Waals surface area contributed by atoms with Gasteiger partial charge in [-0.2, -0.15) is 0 Å². The summed E-state index contributed by atoms with van der Waals surface area (Å²) in [5.74, 6) is 0.711. The van der Waals surface area contributed by atoms with Gasteiger partial charge in [0.05, 0.1) is 17.2 Å². The standard InChI is InChI=1S/C23H21FN6O3/c1-12-8-18-17(10-16(12)23(32)29-5-2-14-9-15(24)11-25-19(14)29)26-22(31)21-28-27-20(30(18)21)13-3-6-33-7-4-13/h8-11,13H,2-7H2,1H3,(H,26,31).